The molecule has 1 aromatic carbocycles. The second-order valence-electron chi connectivity index (χ2n) is 6.14. The highest BCUT2D eigenvalue weighted by atomic mass is 32.1. The molecule has 0 atom stereocenters. The van der Waals surface area contributed by atoms with Gasteiger partial charge in [0.1, 0.15) is 5.01 Å². The largest absolute Gasteiger partial charge is 0.351 e. The number of hydrogen-bond acceptors (Lipinski definition) is 5. The van der Waals surface area contributed by atoms with Crippen LogP contribution in [0.2, 0.25) is 0 Å². The van der Waals surface area contributed by atoms with E-state index in [4.69, 9.17) is 4.98 Å². The van der Waals surface area contributed by atoms with E-state index in [9.17, 15) is 0 Å². The minimum absolute atomic E-state index is 0.510. The second-order valence-corrected chi connectivity index (χ2v) is 7.17. The zero-order valence-electron chi connectivity index (χ0n) is 13.5. The molecule has 2 heterocycles. The number of hydrogen-bond donors (Lipinski definition) is 1. The van der Waals surface area contributed by atoms with Crippen molar-refractivity contribution in [3.63, 3.8) is 0 Å². The van der Waals surface area contributed by atoms with Crippen molar-refractivity contribution >= 4 is 17.3 Å². The summed E-state index contributed by atoms with van der Waals surface area (Å²) in [4.78, 5) is 14.7. The third-order valence-corrected chi connectivity index (χ3v) is 5.44. The van der Waals surface area contributed by atoms with E-state index in [1.807, 2.05) is 36.7 Å². The molecule has 0 amide bonds. The smallest absolute Gasteiger partial charge is 0.223 e. The van der Waals surface area contributed by atoms with Crippen molar-refractivity contribution in [3.05, 3.63) is 48.8 Å². The number of anilines is 1. The molecular weight excluding hydrogens is 316 g/mol. The van der Waals surface area contributed by atoms with Crippen molar-refractivity contribution in [1.82, 2.24) is 15.0 Å². The fourth-order valence-corrected chi connectivity index (χ4v) is 3.99. The molecule has 4 rings (SSSR count). The highest BCUT2D eigenvalue weighted by Gasteiger charge is 2.15. The van der Waals surface area contributed by atoms with Crippen molar-refractivity contribution < 1.29 is 0 Å². The predicted octanol–water partition coefficient (Wildman–Crippen LogP) is 5.01. The minimum Gasteiger partial charge on any atom is -0.351 e. The Morgan fingerprint density at radius 1 is 0.958 bits per heavy atom. The van der Waals surface area contributed by atoms with E-state index in [1.54, 1.807) is 11.3 Å². The molecule has 2 aromatic heterocycles. The van der Waals surface area contributed by atoms with Gasteiger partial charge >= 0.3 is 0 Å². The number of nitrogens with one attached hydrogen (secondary N) is 1. The fraction of sp³-hybridized carbons (Fsp3) is 0.316. The number of aromatic nitrogens is 3. The van der Waals surface area contributed by atoms with E-state index >= 15 is 0 Å². The minimum atomic E-state index is 0.510. The van der Waals surface area contributed by atoms with E-state index < -0.39 is 0 Å². The average molecular weight is 336 g/mol. The highest BCUT2D eigenvalue weighted by molar-refractivity contribution is 7.18. The van der Waals surface area contributed by atoms with Crippen LogP contribution in [0.1, 0.15) is 32.1 Å². The molecule has 5 heteroatoms. The first kappa shape index (κ1) is 15.3. The van der Waals surface area contributed by atoms with Crippen LogP contribution < -0.4 is 5.32 Å². The van der Waals surface area contributed by atoms with Crippen LogP contribution in [-0.4, -0.2) is 21.0 Å². The Hall–Kier alpha value is -2.27. The van der Waals surface area contributed by atoms with Gasteiger partial charge in [0.2, 0.25) is 5.95 Å². The zero-order valence-corrected chi connectivity index (χ0v) is 14.3. The van der Waals surface area contributed by atoms with E-state index in [0.717, 1.165) is 27.1 Å². The Morgan fingerprint density at radius 3 is 2.62 bits per heavy atom. The van der Waals surface area contributed by atoms with Gasteiger partial charge in [-0.2, -0.15) is 0 Å². The van der Waals surface area contributed by atoms with Crippen molar-refractivity contribution in [2.45, 2.75) is 38.1 Å². The van der Waals surface area contributed by atoms with Crippen LogP contribution in [0.25, 0.3) is 21.1 Å². The summed E-state index contributed by atoms with van der Waals surface area (Å²) in [6, 6.07) is 12.7. The molecule has 1 saturated carbocycles. The van der Waals surface area contributed by atoms with Crippen LogP contribution in [0.5, 0.6) is 0 Å². The number of rotatable bonds is 4. The summed E-state index contributed by atoms with van der Waals surface area (Å²) in [6.07, 6.45) is 10.1. The summed E-state index contributed by atoms with van der Waals surface area (Å²) in [5.74, 6) is 0.731. The van der Waals surface area contributed by atoms with Gasteiger partial charge in [0.05, 0.1) is 10.6 Å². The van der Waals surface area contributed by atoms with Crippen LogP contribution in [0.15, 0.2) is 48.8 Å². The SMILES string of the molecule is c1ccc(-c2ncc(-c3ccnc(NC4CCCCC4)n3)s2)cc1. The van der Waals surface area contributed by atoms with Gasteiger partial charge in [-0.3, -0.25) is 0 Å². The molecule has 0 spiro atoms. The van der Waals surface area contributed by atoms with Gasteiger partial charge in [-0.15, -0.1) is 11.3 Å². The monoisotopic (exact) mass is 336 g/mol. The van der Waals surface area contributed by atoms with E-state index in [-0.39, 0.29) is 0 Å². The van der Waals surface area contributed by atoms with Crippen LogP contribution in [0.4, 0.5) is 5.95 Å². The lowest BCUT2D eigenvalue weighted by Crippen LogP contribution is -2.23. The number of nitrogens with zero attached hydrogens (tertiary/aromatic N) is 3. The molecule has 1 aliphatic rings. The Bertz CT molecular complexity index is 794. The third kappa shape index (κ3) is 3.46. The topological polar surface area (TPSA) is 50.7 Å². The molecule has 0 aliphatic heterocycles. The lowest BCUT2D eigenvalue weighted by Gasteiger charge is -2.22. The van der Waals surface area contributed by atoms with Gasteiger partial charge in [-0.1, -0.05) is 49.6 Å². The summed E-state index contributed by atoms with van der Waals surface area (Å²) in [5, 5.41) is 4.51. The summed E-state index contributed by atoms with van der Waals surface area (Å²) in [7, 11) is 0. The zero-order chi connectivity index (χ0) is 16.2. The molecular formula is C19H20N4S. The van der Waals surface area contributed by atoms with Crippen molar-refractivity contribution in [3.8, 4) is 21.1 Å². The normalized spacial score (nSPS) is 15.3. The number of benzene rings is 1. The lowest BCUT2D eigenvalue weighted by molar-refractivity contribution is 0.461. The first-order valence-corrected chi connectivity index (χ1v) is 9.31. The van der Waals surface area contributed by atoms with Crippen LogP contribution >= 0.6 is 11.3 Å². The predicted molar refractivity (Wildman–Crippen MR) is 99.1 cm³/mol. The summed E-state index contributed by atoms with van der Waals surface area (Å²) in [6.45, 7) is 0. The van der Waals surface area contributed by atoms with Crippen LogP contribution in [-0.2, 0) is 0 Å². The third-order valence-electron chi connectivity index (χ3n) is 4.37. The van der Waals surface area contributed by atoms with Crippen LogP contribution in [0, 0.1) is 0 Å². The van der Waals surface area contributed by atoms with Crippen LogP contribution in [0.3, 0.4) is 0 Å². The summed E-state index contributed by atoms with van der Waals surface area (Å²) in [5.41, 5.74) is 2.08. The van der Waals surface area contributed by atoms with Gasteiger partial charge < -0.3 is 5.32 Å². The summed E-state index contributed by atoms with van der Waals surface area (Å²) >= 11 is 1.66. The molecule has 4 nitrogen and oxygen atoms in total. The van der Waals surface area contributed by atoms with Crippen molar-refractivity contribution in [2.75, 3.05) is 5.32 Å². The standard InChI is InChI=1S/C19H20N4S/c1-3-7-14(8-4-1)18-21-13-17(24-18)16-11-12-20-19(23-16)22-15-9-5-2-6-10-15/h1,3-4,7-8,11-13,15H,2,5-6,9-10H2,(H,20,22,23). The molecule has 0 radical (unpaired) electrons. The molecule has 1 N–H and O–H groups in total. The van der Waals surface area contributed by atoms with Gasteiger partial charge in [-0.25, -0.2) is 15.0 Å². The molecule has 0 saturated heterocycles. The molecule has 122 valence electrons. The lowest BCUT2D eigenvalue weighted by atomic mass is 9.96. The average Bonchev–Trinajstić information content (AvgIpc) is 3.14. The summed E-state index contributed by atoms with van der Waals surface area (Å²) < 4.78 is 0. The molecule has 1 fully saturated rings. The van der Waals surface area contributed by atoms with Crippen molar-refractivity contribution in [2.24, 2.45) is 0 Å². The quantitative estimate of drug-likeness (QED) is 0.727. The molecule has 0 bridgehead atoms. The Morgan fingerprint density at radius 2 is 1.79 bits per heavy atom. The Balaban J connectivity index is 1.54. The molecule has 1 aliphatic carbocycles. The van der Waals surface area contributed by atoms with E-state index in [0.29, 0.717) is 6.04 Å². The maximum Gasteiger partial charge on any atom is 0.223 e. The maximum atomic E-state index is 4.69. The second kappa shape index (κ2) is 7.09. The fourth-order valence-electron chi connectivity index (χ4n) is 3.10. The Labute approximate surface area is 146 Å². The van der Waals surface area contributed by atoms with Gasteiger partial charge in [0, 0.05) is 24.0 Å². The first-order chi connectivity index (χ1) is 11.9. The van der Waals surface area contributed by atoms with Gasteiger partial charge in [0.25, 0.3) is 0 Å². The van der Waals surface area contributed by atoms with Crippen molar-refractivity contribution in [1.29, 1.82) is 0 Å². The first-order valence-electron chi connectivity index (χ1n) is 8.50. The molecule has 0 unspecified atom stereocenters. The number of thiazole rings is 1. The molecule has 24 heavy (non-hydrogen) atoms. The maximum absolute atomic E-state index is 4.69. The van der Waals surface area contributed by atoms with Gasteiger partial charge in [0.15, 0.2) is 0 Å². The Kier molecular flexibility index (Phi) is 4.51. The van der Waals surface area contributed by atoms with E-state index in [1.165, 1.54) is 32.1 Å². The van der Waals surface area contributed by atoms with Gasteiger partial charge in [-0.05, 0) is 18.9 Å². The van der Waals surface area contributed by atoms with E-state index in [2.05, 4.69) is 27.4 Å². The highest BCUT2D eigenvalue weighted by Crippen LogP contribution is 2.31. The molecule has 3 aromatic rings.